The summed E-state index contributed by atoms with van der Waals surface area (Å²) in [5.41, 5.74) is 12.1. The Morgan fingerprint density at radius 2 is 0.538 bits per heavy atom. The summed E-state index contributed by atoms with van der Waals surface area (Å²) >= 11 is 0. The second-order valence-corrected chi connectivity index (χ2v) is 13.8. The van der Waals surface area contributed by atoms with E-state index >= 15 is 0 Å². The van der Waals surface area contributed by atoms with Crippen molar-refractivity contribution in [3.05, 3.63) is 194 Å². The summed E-state index contributed by atoms with van der Waals surface area (Å²) < 4.78 is 4.74. The maximum Gasteiger partial charge on any atom is 0.0541 e. The maximum atomic E-state index is 2.37. The van der Waals surface area contributed by atoms with Gasteiger partial charge in [0.25, 0.3) is 0 Å². The number of hydrogen-bond donors (Lipinski definition) is 0. The Balaban J connectivity index is 0.912. The van der Waals surface area contributed by atoms with E-state index in [1.54, 1.807) is 0 Å². The van der Waals surface area contributed by atoms with Gasteiger partial charge in [0.2, 0.25) is 0 Å². The summed E-state index contributed by atoms with van der Waals surface area (Å²) in [4.78, 5) is 0. The van der Waals surface area contributed by atoms with Gasteiger partial charge in [-0.15, -0.1) is 0 Å². The second kappa shape index (κ2) is 11.3. The van der Waals surface area contributed by atoms with Gasteiger partial charge >= 0.3 is 0 Å². The minimum Gasteiger partial charge on any atom is -0.309 e. The molecule has 242 valence electrons. The Bertz CT molecular complexity index is 2840. The van der Waals surface area contributed by atoms with E-state index in [4.69, 9.17) is 0 Å². The van der Waals surface area contributed by atoms with Crippen LogP contribution < -0.4 is 0 Å². The van der Waals surface area contributed by atoms with Crippen molar-refractivity contribution >= 4 is 65.2 Å². The summed E-state index contributed by atoms with van der Waals surface area (Å²) in [6, 6.07) is 71.0. The SMILES string of the molecule is c1ccc2c(c1)c1ccccc1n2-c1ccc(-c2ccc3cc4cc(-c5ccc(-n6c7ccccc7c7ccccc76)cc5)ccc4cc3c2)cc1. The number of hydrogen-bond acceptors (Lipinski definition) is 0. The lowest BCUT2D eigenvalue weighted by Crippen LogP contribution is -1.93. The first kappa shape index (κ1) is 28.9. The monoisotopic (exact) mass is 660 g/mol. The zero-order valence-electron chi connectivity index (χ0n) is 28.4. The summed E-state index contributed by atoms with van der Waals surface area (Å²) in [5.74, 6) is 0. The molecule has 11 rings (SSSR count). The van der Waals surface area contributed by atoms with Gasteiger partial charge in [0, 0.05) is 32.9 Å². The molecule has 0 saturated carbocycles. The van der Waals surface area contributed by atoms with Gasteiger partial charge in [-0.3, -0.25) is 0 Å². The molecule has 0 atom stereocenters. The van der Waals surface area contributed by atoms with Crippen molar-refractivity contribution in [3.63, 3.8) is 0 Å². The number of aromatic nitrogens is 2. The third-order valence-corrected chi connectivity index (χ3v) is 10.9. The zero-order valence-corrected chi connectivity index (χ0v) is 28.4. The van der Waals surface area contributed by atoms with Crippen LogP contribution in [0.3, 0.4) is 0 Å². The molecule has 2 nitrogen and oxygen atoms in total. The third-order valence-electron chi connectivity index (χ3n) is 10.9. The minimum atomic E-state index is 1.17. The predicted octanol–water partition coefficient (Wildman–Crippen LogP) is 13.5. The fraction of sp³-hybridized carbons (Fsp3) is 0. The number of nitrogens with zero attached hydrogens (tertiary/aromatic N) is 2. The van der Waals surface area contributed by atoms with E-state index in [0.717, 1.165) is 0 Å². The average molecular weight is 661 g/mol. The highest BCUT2D eigenvalue weighted by Crippen LogP contribution is 2.36. The molecule has 0 unspecified atom stereocenters. The lowest BCUT2D eigenvalue weighted by atomic mass is 9.96. The molecule has 0 radical (unpaired) electrons. The van der Waals surface area contributed by atoms with Gasteiger partial charge in [-0.25, -0.2) is 0 Å². The molecular formula is C50H32N2. The van der Waals surface area contributed by atoms with E-state index in [1.165, 1.54) is 98.8 Å². The van der Waals surface area contributed by atoms with Crippen molar-refractivity contribution in [2.24, 2.45) is 0 Å². The van der Waals surface area contributed by atoms with Crippen LogP contribution in [0.2, 0.25) is 0 Å². The predicted molar refractivity (Wildman–Crippen MR) is 221 cm³/mol. The first-order chi connectivity index (χ1) is 25.8. The molecule has 0 amide bonds. The number of para-hydroxylation sites is 4. The molecule has 0 bridgehead atoms. The van der Waals surface area contributed by atoms with Crippen molar-refractivity contribution in [3.8, 4) is 33.6 Å². The lowest BCUT2D eigenvalue weighted by molar-refractivity contribution is 1.18. The van der Waals surface area contributed by atoms with Gasteiger partial charge in [-0.1, -0.05) is 121 Å². The first-order valence-electron chi connectivity index (χ1n) is 17.9. The smallest absolute Gasteiger partial charge is 0.0541 e. The number of benzene rings is 9. The lowest BCUT2D eigenvalue weighted by Gasteiger charge is -2.11. The molecular weight excluding hydrogens is 629 g/mol. The van der Waals surface area contributed by atoms with Crippen molar-refractivity contribution in [2.75, 3.05) is 0 Å². The molecule has 52 heavy (non-hydrogen) atoms. The van der Waals surface area contributed by atoms with E-state index in [2.05, 4.69) is 203 Å². The van der Waals surface area contributed by atoms with Crippen LogP contribution in [0.4, 0.5) is 0 Å². The van der Waals surface area contributed by atoms with Gasteiger partial charge in [-0.2, -0.15) is 0 Å². The van der Waals surface area contributed by atoms with Crippen LogP contribution in [0.25, 0.3) is 98.8 Å². The van der Waals surface area contributed by atoms with Crippen LogP contribution in [0, 0.1) is 0 Å². The van der Waals surface area contributed by atoms with Crippen LogP contribution in [0.5, 0.6) is 0 Å². The molecule has 2 heterocycles. The Labute approximate surface area is 301 Å². The standard InChI is InChI=1S/C50H32N2/c1-5-13-47-43(9-1)44-10-2-6-14-48(44)51(47)41-25-21-33(22-26-41)35-17-19-37-32-40-30-36(18-20-38(40)31-39(37)29-35)34-23-27-42(28-24-34)52-49-15-7-3-11-45(49)46-12-4-8-16-50(46)52/h1-32H. The van der Waals surface area contributed by atoms with Crippen molar-refractivity contribution in [1.29, 1.82) is 0 Å². The molecule has 0 saturated heterocycles. The normalized spacial score (nSPS) is 11.8. The van der Waals surface area contributed by atoms with Gasteiger partial charge in [0.1, 0.15) is 0 Å². The quantitative estimate of drug-likeness (QED) is 0.166. The highest BCUT2D eigenvalue weighted by Gasteiger charge is 2.13. The van der Waals surface area contributed by atoms with Gasteiger partial charge in [0.15, 0.2) is 0 Å². The van der Waals surface area contributed by atoms with Gasteiger partial charge < -0.3 is 9.13 Å². The van der Waals surface area contributed by atoms with Crippen LogP contribution in [0.15, 0.2) is 194 Å². The minimum absolute atomic E-state index is 1.17. The molecule has 2 heteroatoms. The van der Waals surface area contributed by atoms with E-state index in [9.17, 15) is 0 Å². The molecule has 0 aliphatic heterocycles. The summed E-state index contributed by atoms with van der Waals surface area (Å²) in [5, 5.41) is 10.1. The van der Waals surface area contributed by atoms with E-state index < -0.39 is 0 Å². The highest BCUT2D eigenvalue weighted by atomic mass is 15.0. The van der Waals surface area contributed by atoms with E-state index in [0.29, 0.717) is 0 Å². The zero-order chi connectivity index (χ0) is 34.2. The Morgan fingerprint density at radius 1 is 0.231 bits per heavy atom. The summed E-state index contributed by atoms with van der Waals surface area (Å²) in [6.07, 6.45) is 0. The molecule has 2 aromatic heterocycles. The van der Waals surface area contributed by atoms with E-state index in [-0.39, 0.29) is 0 Å². The molecule has 11 aromatic rings. The Kier molecular flexibility index (Phi) is 6.28. The Hall–Kier alpha value is -6.90. The first-order valence-corrected chi connectivity index (χ1v) is 17.9. The third kappa shape index (κ3) is 4.44. The summed E-state index contributed by atoms with van der Waals surface area (Å²) in [7, 11) is 0. The molecule has 0 aliphatic rings. The second-order valence-electron chi connectivity index (χ2n) is 13.8. The van der Waals surface area contributed by atoms with Gasteiger partial charge in [0.05, 0.1) is 22.1 Å². The topological polar surface area (TPSA) is 9.86 Å². The largest absolute Gasteiger partial charge is 0.309 e. The van der Waals surface area contributed by atoms with Crippen LogP contribution in [-0.2, 0) is 0 Å². The molecule has 9 aromatic carbocycles. The highest BCUT2D eigenvalue weighted by molar-refractivity contribution is 6.10. The van der Waals surface area contributed by atoms with Crippen molar-refractivity contribution < 1.29 is 0 Å². The molecule has 0 fully saturated rings. The fourth-order valence-electron chi connectivity index (χ4n) is 8.36. The molecule has 0 spiro atoms. The summed E-state index contributed by atoms with van der Waals surface area (Å²) in [6.45, 7) is 0. The maximum absolute atomic E-state index is 2.37. The molecule has 0 aliphatic carbocycles. The van der Waals surface area contributed by atoms with Crippen LogP contribution in [0.1, 0.15) is 0 Å². The number of rotatable bonds is 4. The van der Waals surface area contributed by atoms with Crippen LogP contribution in [-0.4, -0.2) is 9.13 Å². The molecule has 0 N–H and O–H groups in total. The Morgan fingerprint density at radius 3 is 0.885 bits per heavy atom. The van der Waals surface area contributed by atoms with Crippen molar-refractivity contribution in [1.82, 2.24) is 9.13 Å². The number of fused-ring (bicyclic) bond motifs is 8. The average Bonchev–Trinajstić information content (AvgIpc) is 3.73. The van der Waals surface area contributed by atoms with Crippen molar-refractivity contribution in [2.45, 2.75) is 0 Å². The fourth-order valence-corrected chi connectivity index (χ4v) is 8.36. The van der Waals surface area contributed by atoms with Crippen LogP contribution >= 0.6 is 0 Å². The van der Waals surface area contributed by atoms with E-state index in [1.807, 2.05) is 0 Å². The van der Waals surface area contributed by atoms with Gasteiger partial charge in [-0.05, 0) is 117 Å².